The van der Waals surface area contributed by atoms with Gasteiger partial charge in [0.05, 0.1) is 5.56 Å². The molecule has 0 radical (unpaired) electrons. The van der Waals surface area contributed by atoms with Gasteiger partial charge in [-0.15, -0.1) is 10.2 Å². The van der Waals surface area contributed by atoms with Gasteiger partial charge in [0, 0.05) is 41.8 Å². The number of carbonyl (C=O) groups excluding carboxylic acids is 1. The molecular formula is C21H21N5O. The summed E-state index contributed by atoms with van der Waals surface area (Å²) in [4.78, 5) is 18.6. The number of benzene rings is 1. The Labute approximate surface area is 156 Å². The molecule has 1 fully saturated rings. The summed E-state index contributed by atoms with van der Waals surface area (Å²) in [6.45, 7) is 3.43. The van der Waals surface area contributed by atoms with Gasteiger partial charge < -0.3 is 9.88 Å². The predicted molar refractivity (Wildman–Crippen MR) is 104 cm³/mol. The number of fused-ring (bicyclic) bond motifs is 2. The van der Waals surface area contributed by atoms with Gasteiger partial charge in [-0.05, 0) is 38.0 Å². The first-order valence-electron chi connectivity index (χ1n) is 9.38. The minimum Gasteiger partial charge on any atom is -0.358 e. The fourth-order valence-corrected chi connectivity index (χ4v) is 4.22. The monoisotopic (exact) mass is 359 g/mol. The normalized spacial score (nSPS) is 17.7. The van der Waals surface area contributed by atoms with Crippen LogP contribution >= 0.6 is 0 Å². The highest BCUT2D eigenvalue weighted by molar-refractivity contribution is 6.08. The van der Waals surface area contributed by atoms with Gasteiger partial charge in [-0.25, -0.2) is 0 Å². The molecule has 1 atom stereocenters. The summed E-state index contributed by atoms with van der Waals surface area (Å²) in [6.07, 6.45) is 3.99. The van der Waals surface area contributed by atoms with Gasteiger partial charge in [0.15, 0.2) is 5.65 Å². The summed E-state index contributed by atoms with van der Waals surface area (Å²) >= 11 is 0. The third kappa shape index (κ3) is 2.60. The number of aromatic nitrogens is 4. The van der Waals surface area contributed by atoms with E-state index in [2.05, 4.69) is 15.2 Å². The molecule has 1 aromatic carbocycles. The summed E-state index contributed by atoms with van der Waals surface area (Å²) in [6, 6.07) is 13.9. The van der Waals surface area contributed by atoms with Crippen molar-refractivity contribution in [2.75, 3.05) is 13.1 Å². The molecule has 1 aliphatic heterocycles. The third-order valence-electron chi connectivity index (χ3n) is 5.52. The molecule has 0 spiro atoms. The first-order valence-corrected chi connectivity index (χ1v) is 9.38. The Morgan fingerprint density at radius 1 is 1.15 bits per heavy atom. The van der Waals surface area contributed by atoms with Crippen molar-refractivity contribution in [1.82, 2.24) is 24.5 Å². The van der Waals surface area contributed by atoms with Crippen LogP contribution in [0.1, 0.15) is 40.6 Å². The maximum Gasteiger partial charge on any atom is 0.256 e. The van der Waals surface area contributed by atoms with Gasteiger partial charge in [-0.3, -0.25) is 9.20 Å². The maximum absolute atomic E-state index is 13.3. The van der Waals surface area contributed by atoms with E-state index in [1.54, 1.807) is 0 Å². The number of piperidine rings is 1. The van der Waals surface area contributed by atoms with Crippen molar-refractivity contribution in [3.8, 4) is 0 Å². The van der Waals surface area contributed by atoms with E-state index in [9.17, 15) is 4.79 Å². The van der Waals surface area contributed by atoms with Crippen molar-refractivity contribution in [1.29, 1.82) is 0 Å². The van der Waals surface area contributed by atoms with Gasteiger partial charge in [0.25, 0.3) is 5.91 Å². The zero-order chi connectivity index (χ0) is 18.4. The molecule has 136 valence electrons. The zero-order valence-corrected chi connectivity index (χ0v) is 15.2. The lowest BCUT2D eigenvalue weighted by atomic mass is 9.96. The molecule has 6 nitrogen and oxygen atoms in total. The molecule has 1 amide bonds. The second-order valence-electron chi connectivity index (χ2n) is 7.25. The first kappa shape index (κ1) is 16.1. The van der Waals surface area contributed by atoms with E-state index in [0.29, 0.717) is 6.54 Å². The lowest BCUT2D eigenvalue weighted by molar-refractivity contribution is 0.0705. The highest BCUT2D eigenvalue weighted by atomic mass is 16.2. The van der Waals surface area contributed by atoms with Gasteiger partial charge >= 0.3 is 0 Å². The molecule has 0 saturated carbocycles. The standard InChI is InChI=1S/C21H21N5O/c1-14-19(16-8-2-3-9-17(16)22-14)21(27)25-11-6-7-15(13-25)20-24-23-18-10-4-5-12-26(18)20/h2-5,8-10,12,15,22H,6-7,11,13H2,1H3. The number of hydrogen-bond acceptors (Lipinski definition) is 3. The Hall–Kier alpha value is -3.15. The van der Waals surface area contributed by atoms with E-state index in [1.165, 1.54) is 0 Å². The Morgan fingerprint density at radius 3 is 2.93 bits per heavy atom. The highest BCUT2D eigenvalue weighted by Crippen LogP contribution is 2.29. The minimum absolute atomic E-state index is 0.100. The van der Waals surface area contributed by atoms with Gasteiger partial charge in [-0.1, -0.05) is 24.3 Å². The smallest absolute Gasteiger partial charge is 0.256 e. The number of pyridine rings is 1. The number of likely N-dealkylation sites (tertiary alicyclic amines) is 1. The number of H-pyrrole nitrogens is 1. The molecule has 1 N–H and O–H groups in total. The lowest BCUT2D eigenvalue weighted by Gasteiger charge is -2.32. The molecule has 6 heteroatoms. The zero-order valence-electron chi connectivity index (χ0n) is 15.2. The molecule has 3 aromatic heterocycles. The Bertz CT molecular complexity index is 1140. The number of aromatic amines is 1. The molecule has 0 aliphatic carbocycles. The molecule has 0 bridgehead atoms. The molecule has 1 aliphatic rings. The SMILES string of the molecule is Cc1[nH]c2ccccc2c1C(=O)N1CCCC(c2nnc3ccccn23)C1. The van der Waals surface area contributed by atoms with E-state index < -0.39 is 0 Å². The molecule has 5 rings (SSSR count). The maximum atomic E-state index is 13.3. The quantitative estimate of drug-likeness (QED) is 0.595. The van der Waals surface area contributed by atoms with Crippen LogP contribution in [0.4, 0.5) is 0 Å². The molecule has 4 heterocycles. The summed E-state index contributed by atoms with van der Waals surface area (Å²) in [5.41, 5.74) is 3.58. The number of rotatable bonds is 2. The second-order valence-corrected chi connectivity index (χ2v) is 7.25. The fraction of sp³-hybridized carbons (Fsp3) is 0.286. The Morgan fingerprint density at radius 2 is 2.00 bits per heavy atom. The van der Waals surface area contributed by atoms with Crippen LogP contribution in [-0.2, 0) is 0 Å². The largest absolute Gasteiger partial charge is 0.358 e. The van der Waals surface area contributed by atoms with E-state index in [-0.39, 0.29) is 11.8 Å². The highest BCUT2D eigenvalue weighted by Gasteiger charge is 2.30. The first-order chi connectivity index (χ1) is 13.2. The number of amides is 1. The van der Waals surface area contributed by atoms with Crippen LogP contribution in [0.5, 0.6) is 0 Å². The minimum atomic E-state index is 0.100. The average Bonchev–Trinajstić information content (AvgIpc) is 3.28. The molecule has 1 unspecified atom stereocenters. The average molecular weight is 359 g/mol. The molecular weight excluding hydrogens is 338 g/mol. The third-order valence-corrected chi connectivity index (χ3v) is 5.52. The van der Waals surface area contributed by atoms with Gasteiger partial charge in [0.1, 0.15) is 5.82 Å². The number of hydrogen-bond donors (Lipinski definition) is 1. The van der Waals surface area contributed by atoms with E-state index in [4.69, 9.17) is 0 Å². The van der Waals surface area contributed by atoms with E-state index in [0.717, 1.165) is 53.0 Å². The van der Waals surface area contributed by atoms with E-state index >= 15 is 0 Å². The predicted octanol–water partition coefficient (Wildman–Crippen LogP) is 3.54. The van der Waals surface area contributed by atoms with Crippen LogP contribution < -0.4 is 0 Å². The van der Waals surface area contributed by atoms with Crippen LogP contribution in [0.25, 0.3) is 16.6 Å². The van der Waals surface area contributed by atoms with E-state index in [1.807, 2.05) is 64.9 Å². The van der Waals surface area contributed by atoms with Crippen LogP contribution in [0.2, 0.25) is 0 Å². The Balaban J connectivity index is 1.47. The van der Waals surface area contributed by atoms with Crippen molar-refractivity contribution in [3.05, 3.63) is 65.7 Å². The van der Waals surface area contributed by atoms with Crippen molar-refractivity contribution in [2.24, 2.45) is 0 Å². The fourth-order valence-electron chi connectivity index (χ4n) is 4.22. The van der Waals surface area contributed by atoms with Gasteiger partial charge in [-0.2, -0.15) is 0 Å². The van der Waals surface area contributed by atoms with Crippen molar-refractivity contribution >= 4 is 22.5 Å². The summed E-state index contributed by atoms with van der Waals surface area (Å²) < 4.78 is 2.04. The van der Waals surface area contributed by atoms with Crippen molar-refractivity contribution < 1.29 is 4.79 Å². The number of aryl methyl sites for hydroxylation is 1. The number of nitrogens with zero attached hydrogens (tertiary/aromatic N) is 4. The van der Waals surface area contributed by atoms with Crippen molar-refractivity contribution in [2.45, 2.75) is 25.7 Å². The summed E-state index contributed by atoms with van der Waals surface area (Å²) in [5.74, 6) is 1.24. The lowest BCUT2D eigenvalue weighted by Crippen LogP contribution is -2.39. The number of para-hydroxylation sites is 1. The van der Waals surface area contributed by atoms with Crippen LogP contribution in [0.3, 0.4) is 0 Å². The van der Waals surface area contributed by atoms with Gasteiger partial charge in [0.2, 0.25) is 0 Å². The number of carbonyl (C=O) groups is 1. The topological polar surface area (TPSA) is 66.3 Å². The molecule has 1 saturated heterocycles. The summed E-state index contributed by atoms with van der Waals surface area (Å²) in [5, 5.41) is 9.68. The molecule has 4 aromatic rings. The van der Waals surface area contributed by atoms with Crippen LogP contribution in [0.15, 0.2) is 48.7 Å². The molecule has 27 heavy (non-hydrogen) atoms. The Kier molecular flexibility index (Phi) is 3.70. The second kappa shape index (κ2) is 6.23. The van der Waals surface area contributed by atoms with Crippen LogP contribution in [-0.4, -0.2) is 43.5 Å². The summed E-state index contributed by atoms with van der Waals surface area (Å²) in [7, 11) is 0. The van der Waals surface area contributed by atoms with Crippen LogP contribution in [0, 0.1) is 6.92 Å². The number of nitrogens with one attached hydrogen (secondary N) is 1. The van der Waals surface area contributed by atoms with Crippen molar-refractivity contribution in [3.63, 3.8) is 0 Å².